The van der Waals surface area contributed by atoms with Gasteiger partial charge in [0.2, 0.25) is 0 Å². The van der Waals surface area contributed by atoms with Crippen LogP contribution < -0.4 is 5.32 Å². The first-order valence-electron chi connectivity index (χ1n) is 7.12. The van der Waals surface area contributed by atoms with Crippen molar-refractivity contribution in [2.75, 3.05) is 7.05 Å². The van der Waals surface area contributed by atoms with Gasteiger partial charge in [-0.25, -0.2) is 4.98 Å². The number of nitrogens with one attached hydrogen (secondary N) is 1. The molecule has 0 amide bonds. The van der Waals surface area contributed by atoms with Crippen molar-refractivity contribution < 1.29 is 0 Å². The fraction of sp³-hybridized carbons (Fsp3) is 0.800. The average molecular weight is 249 g/mol. The summed E-state index contributed by atoms with van der Waals surface area (Å²) in [6, 6.07) is 0.612. The van der Waals surface area contributed by atoms with Crippen molar-refractivity contribution in [2.24, 2.45) is 18.9 Å². The smallest absolute Gasteiger partial charge is 0.114 e. The van der Waals surface area contributed by atoms with Crippen molar-refractivity contribution in [1.82, 2.24) is 14.9 Å². The molecule has 1 heterocycles. The summed E-state index contributed by atoms with van der Waals surface area (Å²) in [4.78, 5) is 4.59. The molecule has 1 aromatic heterocycles. The normalized spacial score (nSPS) is 29.5. The average Bonchev–Trinajstić information content (AvgIpc) is 2.75. The third-order valence-corrected chi connectivity index (χ3v) is 4.81. The zero-order valence-corrected chi connectivity index (χ0v) is 12.4. The minimum absolute atomic E-state index is 0.131. The highest BCUT2D eigenvalue weighted by molar-refractivity contribution is 5.11. The number of aryl methyl sites for hydroxylation is 1. The number of hydrogen-bond acceptors (Lipinski definition) is 2. The van der Waals surface area contributed by atoms with Crippen molar-refractivity contribution in [3.05, 3.63) is 18.2 Å². The number of nitrogens with zero attached hydrogens (tertiary/aromatic N) is 2. The molecule has 1 N–H and O–H groups in total. The summed E-state index contributed by atoms with van der Waals surface area (Å²) in [5.41, 5.74) is 0.131. The van der Waals surface area contributed by atoms with Crippen molar-refractivity contribution in [3.63, 3.8) is 0 Å². The summed E-state index contributed by atoms with van der Waals surface area (Å²) in [6.07, 6.45) is 7.89. The highest BCUT2D eigenvalue weighted by atomic mass is 15.1. The molecular weight excluding hydrogens is 222 g/mol. The van der Waals surface area contributed by atoms with Crippen molar-refractivity contribution >= 4 is 0 Å². The molecule has 1 saturated carbocycles. The van der Waals surface area contributed by atoms with Crippen LogP contribution in [0.5, 0.6) is 0 Å². The van der Waals surface area contributed by atoms with E-state index >= 15 is 0 Å². The molecule has 2 rings (SSSR count). The zero-order valence-electron chi connectivity index (χ0n) is 12.4. The Balaban J connectivity index is 2.26. The molecule has 0 bridgehead atoms. The lowest BCUT2D eigenvalue weighted by molar-refractivity contribution is 0.144. The van der Waals surface area contributed by atoms with E-state index in [0.29, 0.717) is 12.0 Å². The van der Waals surface area contributed by atoms with Crippen LogP contribution in [-0.2, 0) is 12.5 Å². The third kappa shape index (κ3) is 2.33. The van der Waals surface area contributed by atoms with Gasteiger partial charge in [-0.2, -0.15) is 0 Å². The van der Waals surface area contributed by atoms with E-state index in [1.54, 1.807) is 0 Å². The molecule has 3 nitrogen and oxygen atoms in total. The van der Waals surface area contributed by atoms with E-state index < -0.39 is 0 Å². The minimum atomic E-state index is 0.131. The van der Waals surface area contributed by atoms with E-state index in [1.807, 2.05) is 6.20 Å². The molecule has 0 aromatic carbocycles. The van der Waals surface area contributed by atoms with Crippen LogP contribution in [0.15, 0.2) is 12.4 Å². The van der Waals surface area contributed by atoms with Gasteiger partial charge in [0.1, 0.15) is 5.82 Å². The fourth-order valence-electron chi connectivity index (χ4n) is 3.72. The molecule has 3 heteroatoms. The maximum atomic E-state index is 4.59. The summed E-state index contributed by atoms with van der Waals surface area (Å²) in [5.74, 6) is 2.72. The van der Waals surface area contributed by atoms with Crippen LogP contribution in [0, 0.1) is 11.8 Å². The molecule has 18 heavy (non-hydrogen) atoms. The van der Waals surface area contributed by atoms with Crippen molar-refractivity contribution in [1.29, 1.82) is 0 Å². The number of rotatable bonds is 3. The molecule has 1 aliphatic carbocycles. The molecule has 0 saturated heterocycles. The van der Waals surface area contributed by atoms with Gasteiger partial charge in [-0.15, -0.1) is 0 Å². The van der Waals surface area contributed by atoms with Crippen LogP contribution in [-0.4, -0.2) is 22.6 Å². The van der Waals surface area contributed by atoms with Gasteiger partial charge in [-0.3, -0.25) is 0 Å². The Hall–Kier alpha value is -0.830. The second-order valence-corrected chi connectivity index (χ2v) is 6.50. The SMILES string of the molecule is CNC1CC(C)CCC1C(C)(C)c1nccn1C. The summed E-state index contributed by atoms with van der Waals surface area (Å²) < 4.78 is 2.17. The monoisotopic (exact) mass is 249 g/mol. The first kappa shape index (κ1) is 13.6. The van der Waals surface area contributed by atoms with Crippen molar-refractivity contribution in [3.8, 4) is 0 Å². The number of aromatic nitrogens is 2. The number of hydrogen-bond donors (Lipinski definition) is 1. The Labute approximate surface area is 111 Å². The maximum Gasteiger partial charge on any atom is 0.114 e. The lowest BCUT2D eigenvalue weighted by Gasteiger charge is -2.43. The summed E-state index contributed by atoms with van der Waals surface area (Å²) in [6.45, 7) is 7.06. The molecular formula is C15H27N3. The van der Waals surface area contributed by atoms with Gasteiger partial charge in [-0.1, -0.05) is 27.2 Å². The third-order valence-electron chi connectivity index (χ3n) is 4.81. The predicted octanol–water partition coefficient (Wildman–Crippen LogP) is 2.72. The van der Waals surface area contributed by atoms with Gasteiger partial charge in [0.05, 0.1) is 0 Å². The van der Waals surface area contributed by atoms with Crippen LogP contribution in [0.3, 0.4) is 0 Å². The van der Waals surface area contributed by atoms with Crippen LogP contribution in [0.25, 0.3) is 0 Å². The van der Waals surface area contributed by atoms with Gasteiger partial charge < -0.3 is 9.88 Å². The maximum absolute atomic E-state index is 4.59. The van der Waals surface area contributed by atoms with Gasteiger partial charge in [-0.05, 0) is 31.7 Å². The zero-order chi connectivity index (χ0) is 13.3. The largest absolute Gasteiger partial charge is 0.338 e. The quantitative estimate of drug-likeness (QED) is 0.892. The van der Waals surface area contributed by atoms with Crippen LogP contribution in [0.4, 0.5) is 0 Å². The molecule has 1 fully saturated rings. The van der Waals surface area contributed by atoms with E-state index in [0.717, 1.165) is 5.92 Å². The summed E-state index contributed by atoms with van der Waals surface area (Å²) in [5, 5.41) is 3.53. The Morgan fingerprint density at radius 2 is 2.11 bits per heavy atom. The minimum Gasteiger partial charge on any atom is -0.338 e. The highest BCUT2D eigenvalue weighted by Crippen LogP contribution is 2.41. The lowest BCUT2D eigenvalue weighted by Crippen LogP contribution is -2.48. The van der Waals surface area contributed by atoms with E-state index in [-0.39, 0.29) is 5.41 Å². The van der Waals surface area contributed by atoms with E-state index in [1.165, 1.54) is 25.1 Å². The van der Waals surface area contributed by atoms with E-state index in [2.05, 4.69) is 55.9 Å². The standard InChI is InChI=1S/C15H27N3/c1-11-6-7-12(13(10-11)16-4)15(2,3)14-17-8-9-18(14)5/h8-9,11-13,16H,6-7,10H2,1-5H3. The van der Waals surface area contributed by atoms with Gasteiger partial charge in [0.25, 0.3) is 0 Å². The highest BCUT2D eigenvalue weighted by Gasteiger charge is 2.41. The summed E-state index contributed by atoms with van der Waals surface area (Å²) >= 11 is 0. The number of imidazole rings is 1. The second kappa shape index (κ2) is 5.04. The Morgan fingerprint density at radius 1 is 1.39 bits per heavy atom. The van der Waals surface area contributed by atoms with Gasteiger partial charge in [0.15, 0.2) is 0 Å². The molecule has 3 atom stereocenters. The summed E-state index contributed by atoms with van der Waals surface area (Å²) in [7, 11) is 4.20. The van der Waals surface area contributed by atoms with Gasteiger partial charge >= 0.3 is 0 Å². The van der Waals surface area contributed by atoms with Crippen molar-refractivity contribution in [2.45, 2.75) is 51.5 Å². The molecule has 3 unspecified atom stereocenters. The first-order valence-corrected chi connectivity index (χ1v) is 7.12. The molecule has 1 aliphatic rings. The van der Waals surface area contributed by atoms with Crippen LogP contribution in [0.1, 0.15) is 45.9 Å². The predicted molar refractivity (Wildman–Crippen MR) is 75.6 cm³/mol. The second-order valence-electron chi connectivity index (χ2n) is 6.50. The lowest BCUT2D eigenvalue weighted by atomic mass is 9.66. The Bertz CT molecular complexity index is 394. The fourth-order valence-corrected chi connectivity index (χ4v) is 3.72. The topological polar surface area (TPSA) is 29.9 Å². The van der Waals surface area contributed by atoms with E-state index in [9.17, 15) is 0 Å². The van der Waals surface area contributed by atoms with E-state index in [4.69, 9.17) is 0 Å². The molecule has 0 aliphatic heterocycles. The first-order chi connectivity index (χ1) is 8.46. The molecule has 0 spiro atoms. The Morgan fingerprint density at radius 3 is 2.67 bits per heavy atom. The molecule has 0 radical (unpaired) electrons. The Kier molecular flexibility index (Phi) is 3.81. The van der Waals surface area contributed by atoms with Gasteiger partial charge in [0, 0.05) is 30.9 Å². The van der Waals surface area contributed by atoms with Crippen LogP contribution in [0.2, 0.25) is 0 Å². The van der Waals surface area contributed by atoms with Crippen LogP contribution >= 0.6 is 0 Å². The molecule has 102 valence electrons. The molecule has 1 aromatic rings.